The van der Waals surface area contributed by atoms with Crippen LogP contribution in [0.25, 0.3) is 0 Å². The van der Waals surface area contributed by atoms with Crippen LogP contribution in [0.2, 0.25) is 0 Å². The highest BCUT2D eigenvalue weighted by atomic mass is 35.5. The summed E-state index contributed by atoms with van der Waals surface area (Å²) < 4.78 is 27.0. The van der Waals surface area contributed by atoms with Gasteiger partial charge >= 0.3 is 0 Å². The minimum atomic E-state index is -0.565. The van der Waals surface area contributed by atoms with E-state index in [9.17, 15) is 9.59 Å². The van der Waals surface area contributed by atoms with Crippen molar-refractivity contribution in [2.75, 3.05) is 26.4 Å². The van der Waals surface area contributed by atoms with E-state index < -0.39 is 10.5 Å². The quantitative estimate of drug-likeness (QED) is 0.0816. The molecule has 1 aliphatic carbocycles. The first-order valence-electron chi connectivity index (χ1n) is 23.3. The molecule has 1 aliphatic rings. The number of hydrogen-bond donors (Lipinski definition) is 0. The van der Waals surface area contributed by atoms with E-state index in [1.807, 2.05) is 0 Å². The van der Waals surface area contributed by atoms with Gasteiger partial charge in [0.05, 0.1) is 13.2 Å². The maximum Gasteiger partial charge on any atom is 0.259 e. The van der Waals surface area contributed by atoms with Gasteiger partial charge < -0.3 is 18.9 Å². The van der Waals surface area contributed by atoms with E-state index in [1.165, 1.54) is 0 Å². The normalized spacial score (nSPS) is 13.4. The zero-order valence-corrected chi connectivity index (χ0v) is 42.8. The number of carbonyl (C=O) groups is 2. The molecule has 0 radical (unpaired) electrons. The number of unbranched alkanes of at least 4 members (excludes halogenated alkanes) is 2. The lowest BCUT2D eigenvalue weighted by Crippen LogP contribution is -2.18. The average molecular weight is 914 g/mol. The minimum absolute atomic E-state index is 0.209. The number of rotatable bonds is 14. The van der Waals surface area contributed by atoms with E-state index in [1.54, 1.807) is 0 Å². The molecule has 348 valence electrons. The van der Waals surface area contributed by atoms with Gasteiger partial charge in [0.15, 0.2) is 13.2 Å². The third kappa shape index (κ3) is 13.1. The SMILES string of the molecule is CCCCOc1c2cc(C(C)(C)C)cc1Cc1cc(C(C)(C)C)cc(c1OCC(=O)Cl)Cc1cc(C(C)(C)C)cc(c1OCCCC)Cc1cc(C(C)(C)C)cc(c1OCC(=O)Cl)C2. The minimum Gasteiger partial charge on any atom is -0.493 e. The molecular weight excluding hydrogens is 840 g/mol. The van der Waals surface area contributed by atoms with Crippen LogP contribution in [0.5, 0.6) is 23.0 Å². The summed E-state index contributed by atoms with van der Waals surface area (Å²) in [4.78, 5) is 25.1. The van der Waals surface area contributed by atoms with Crippen LogP contribution in [0.3, 0.4) is 0 Å². The first kappa shape index (κ1) is 51.0. The van der Waals surface area contributed by atoms with E-state index in [2.05, 4.69) is 145 Å². The van der Waals surface area contributed by atoms with Crippen molar-refractivity contribution in [2.45, 2.75) is 170 Å². The second-order valence-electron chi connectivity index (χ2n) is 21.9. The van der Waals surface area contributed by atoms with Crippen LogP contribution in [0, 0.1) is 0 Å². The van der Waals surface area contributed by atoms with Gasteiger partial charge in [0.1, 0.15) is 23.0 Å². The van der Waals surface area contributed by atoms with E-state index in [0.29, 0.717) is 50.4 Å². The number of fused-ring (bicyclic) bond motifs is 8. The molecule has 0 heterocycles. The predicted octanol–water partition coefficient (Wildman–Crippen LogP) is 14.2. The third-order valence-electron chi connectivity index (χ3n) is 12.1. The first-order valence-corrected chi connectivity index (χ1v) is 24.1. The Balaban J connectivity index is 2.03. The lowest BCUT2D eigenvalue weighted by molar-refractivity contribution is -0.114. The molecule has 0 amide bonds. The first-order chi connectivity index (χ1) is 29.8. The summed E-state index contributed by atoms with van der Waals surface area (Å²) in [6.07, 6.45) is 5.66. The standard InChI is InChI=1S/C56H74Cl2O6/c1-15-17-19-61-49-35-21-39-29-45(55(9,10)11)31-41(51(39)63-33-47(57)59)23-37-27-44(54(6,7)8)28-38(50(37)62-20-18-16-2)24-42-32-46(56(12,13)14)30-40(52(42)64-34-48(58)60)22-36(49)26-43(25-35)53(3,4)5/h25-32H,15-24,33-34H2,1-14H3. The maximum absolute atomic E-state index is 12.5. The molecule has 0 spiro atoms. The Hall–Kier alpha value is -4.00. The van der Waals surface area contributed by atoms with Crippen LogP contribution in [0.1, 0.15) is 189 Å². The van der Waals surface area contributed by atoms with Crippen LogP contribution >= 0.6 is 23.2 Å². The molecule has 0 fully saturated rings. The smallest absolute Gasteiger partial charge is 0.259 e. The largest absolute Gasteiger partial charge is 0.493 e. The van der Waals surface area contributed by atoms with Gasteiger partial charge in [-0.3, -0.25) is 9.59 Å². The highest BCUT2D eigenvalue weighted by molar-refractivity contribution is 6.64. The molecule has 0 aromatic heterocycles. The van der Waals surface area contributed by atoms with Crippen molar-refractivity contribution in [1.29, 1.82) is 0 Å². The average Bonchev–Trinajstić information content (AvgIpc) is 3.16. The second-order valence-corrected chi connectivity index (χ2v) is 22.7. The molecular formula is C56H74Cl2O6. The van der Waals surface area contributed by atoms with E-state index in [-0.39, 0.29) is 34.9 Å². The Morgan fingerprint density at radius 1 is 0.406 bits per heavy atom. The highest BCUT2D eigenvalue weighted by Gasteiger charge is 2.30. The molecule has 64 heavy (non-hydrogen) atoms. The molecule has 6 nitrogen and oxygen atoms in total. The number of hydrogen-bond acceptors (Lipinski definition) is 6. The Morgan fingerprint density at radius 3 is 0.781 bits per heavy atom. The second kappa shape index (κ2) is 20.7. The number of benzene rings is 4. The topological polar surface area (TPSA) is 71.1 Å². The lowest BCUT2D eigenvalue weighted by Gasteiger charge is -2.29. The van der Waals surface area contributed by atoms with Gasteiger partial charge in [-0.1, -0.05) is 158 Å². The number of halogens is 2. The monoisotopic (exact) mass is 912 g/mol. The molecule has 0 saturated carbocycles. The van der Waals surface area contributed by atoms with Gasteiger partial charge in [-0.15, -0.1) is 0 Å². The molecule has 0 unspecified atom stereocenters. The van der Waals surface area contributed by atoms with Crippen LogP contribution in [0.4, 0.5) is 0 Å². The fraction of sp³-hybridized carbons (Fsp3) is 0.536. The van der Waals surface area contributed by atoms with Crippen molar-refractivity contribution in [3.8, 4) is 23.0 Å². The summed E-state index contributed by atoms with van der Waals surface area (Å²) in [6.45, 7) is 31.7. The zero-order valence-electron chi connectivity index (χ0n) is 41.3. The summed E-state index contributed by atoms with van der Waals surface area (Å²) in [5.74, 6) is 2.95. The molecule has 0 N–H and O–H groups in total. The van der Waals surface area contributed by atoms with Gasteiger partial charge in [-0.2, -0.15) is 0 Å². The molecule has 4 aromatic carbocycles. The van der Waals surface area contributed by atoms with E-state index in [0.717, 1.165) is 104 Å². The van der Waals surface area contributed by atoms with Gasteiger partial charge in [0.2, 0.25) is 0 Å². The van der Waals surface area contributed by atoms with Gasteiger partial charge in [-0.05, 0) is 124 Å². The van der Waals surface area contributed by atoms with Crippen molar-refractivity contribution in [1.82, 2.24) is 0 Å². The third-order valence-corrected chi connectivity index (χ3v) is 12.3. The summed E-state index contributed by atoms with van der Waals surface area (Å²) in [5, 5.41) is -1.13. The molecule has 8 heteroatoms. The van der Waals surface area contributed by atoms with Crippen LogP contribution in [0.15, 0.2) is 48.5 Å². The van der Waals surface area contributed by atoms with Crippen LogP contribution in [-0.4, -0.2) is 36.9 Å². The highest BCUT2D eigenvalue weighted by Crippen LogP contribution is 2.44. The zero-order chi connectivity index (χ0) is 47.4. The number of carbonyl (C=O) groups excluding carboxylic acids is 2. The van der Waals surface area contributed by atoms with E-state index in [4.69, 9.17) is 42.1 Å². The lowest BCUT2D eigenvalue weighted by atomic mass is 9.79. The molecule has 4 aromatic rings. The molecule has 0 saturated heterocycles. The van der Waals surface area contributed by atoms with Crippen LogP contribution in [-0.2, 0) is 56.9 Å². The van der Waals surface area contributed by atoms with Crippen molar-refractivity contribution in [2.24, 2.45) is 0 Å². The molecule has 5 rings (SSSR count). The number of ether oxygens (including phenoxy) is 4. The Bertz CT molecular complexity index is 2050. The summed E-state index contributed by atoms with van der Waals surface area (Å²) in [6, 6.07) is 18.1. The molecule has 0 atom stereocenters. The van der Waals surface area contributed by atoms with E-state index >= 15 is 0 Å². The summed E-state index contributed by atoms with van der Waals surface area (Å²) >= 11 is 12.1. The van der Waals surface area contributed by atoms with Crippen molar-refractivity contribution < 1.29 is 28.5 Å². The van der Waals surface area contributed by atoms with Crippen molar-refractivity contribution in [3.05, 3.63) is 115 Å². The van der Waals surface area contributed by atoms with Crippen LogP contribution < -0.4 is 18.9 Å². The van der Waals surface area contributed by atoms with Gasteiger partial charge in [0.25, 0.3) is 10.5 Å². The fourth-order valence-electron chi connectivity index (χ4n) is 8.26. The fourth-order valence-corrected chi connectivity index (χ4v) is 8.37. The van der Waals surface area contributed by atoms with Gasteiger partial charge in [-0.25, -0.2) is 0 Å². The van der Waals surface area contributed by atoms with Crippen molar-refractivity contribution in [3.63, 3.8) is 0 Å². The summed E-state index contributed by atoms with van der Waals surface area (Å²) in [7, 11) is 0. The Kier molecular flexibility index (Phi) is 16.5. The molecule has 0 aliphatic heterocycles. The maximum atomic E-state index is 12.5. The Morgan fingerprint density at radius 2 is 0.609 bits per heavy atom. The molecule has 8 bridgehead atoms. The Labute approximate surface area is 395 Å². The predicted molar refractivity (Wildman–Crippen MR) is 265 cm³/mol. The summed E-state index contributed by atoms with van der Waals surface area (Å²) in [5.41, 5.74) is 11.7. The van der Waals surface area contributed by atoms with Crippen molar-refractivity contribution >= 4 is 33.7 Å². The van der Waals surface area contributed by atoms with Gasteiger partial charge in [0, 0.05) is 25.7 Å².